The van der Waals surface area contributed by atoms with Crippen LogP contribution in [0.3, 0.4) is 0 Å². The minimum absolute atomic E-state index is 0.00583. The van der Waals surface area contributed by atoms with Crippen molar-refractivity contribution in [2.45, 2.75) is 63.4 Å². The van der Waals surface area contributed by atoms with Crippen molar-refractivity contribution in [2.24, 2.45) is 0 Å². The molecular formula is C24H37O7PSSi. The quantitative estimate of drug-likeness (QED) is 0.234. The topological polar surface area (TPSA) is 99.1 Å². The van der Waals surface area contributed by atoms with E-state index in [0.717, 1.165) is 5.56 Å². The van der Waals surface area contributed by atoms with Crippen molar-refractivity contribution in [1.82, 2.24) is 0 Å². The lowest BCUT2D eigenvalue weighted by atomic mass is 10.1. The summed E-state index contributed by atoms with van der Waals surface area (Å²) in [6.45, 7) is 15.3. The van der Waals surface area contributed by atoms with Crippen molar-refractivity contribution in [3.05, 3.63) is 59.2 Å². The van der Waals surface area contributed by atoms with Gasteiger partial charge in [-0.15, -0.1) is 0 Å². The van der Waals surface area contributed by atoms with Crippen molar-refractivity contribution in [3.8, 4) is 5.75 Å². The van der Waals surface area contributed by atoms with Gasteiger partial charge < -0.3 is 14.1 Å². The molecular weight excluding hydrogens is 491 g/mol. The third-order valence-corrected chi connectivity index (χ3v) is 12.3. The third kappa shape index (κ3) is 8.04. The summed E-state index contributed by atoms with van der Waals surface area (Å²) in [6.07, 6.45) is -1.20. The number of aliphatic hydroxyl groups excluding tert-OH is 1. The second-order valence-electron chi connectivity index (χ2n) is 10.3. The lowest BCUT2D eigenvalue weighted by molar-refractivity contribution is 0.111. The minimum Gasteiger partial charge on any atom is -0.443 e. The lowest BCUT2D eigenvalue weighted by Crippen LogP contribution is -2.40. The monoisotopic (exact) mass is 528 g/mol. The Morgan fingerprint density at radius 1 is 1.06 bits per heavy atom. The molecule has 0 saturated heterocycles. The fraction of sp³-hybridized carbons (Fsp3) is 0.500. The maximum atomic E-state index is 12.5. The second-order valence-corrected chi connectivity index (χ2v) is 19.4. The van der Waals surface area contributed by atoms with E-state index < -0.39 is 38.5 Å². The highest BCUT2D eigenvalue weighted by Crippen LogP contribution is 2.42. The molecule has 190 valence electrons. The Morgan fingerprint density at radius 3 is 2.18 bits per heavy atom. The van der Waals surface area contributed by atoms with Crippen LogP contribution in [0.4, 0.5) is 0 Å². The van der Waals surface area contributed by atoms with Gasteiger partial charge in [0.05, 0.1) is 18.1 Å². The average molecular weight is 529 g/mol. The van der Waals surface area contributed by atoms with Crippen LogP contribution in [0.15, 0.2) is 47.4 Å². The zero-order valence-corrected chi connectivity index (χ0v) is 24.0. The highest BCUT2D eigenvalue weighted by molar-refractivity contribution is 7.86. The number of hydrogen-bond acceptors (Lipinski definition) is 7. The number of rotatable bonds is 10. The molecule has 0 fully saturated rings. The molecule has 0 heterocycles. The Labute approximate surface area is 205 Å². The van der Waals surface area contributed by atoms with Gasteiger partial charge in [-0.2, -0.15) is 8.42 Å². The molecule has 34 heavy (non-hydrogen) atoms. The molecule has 0 spiro atoms. The Hall–Kier alpha value is -1.48. The molecule has 0 saturated carbocycles. The maximum Gasteiger partial charge on any atom is 0.297 e. The third-order valence-electron chi connectivity index (χ3n) is 5.87. The minimum atomic E-state index is -4.01. The van der Waals surface area contributed by atoms with Crippen molar-refractivity contribution in [2.75, 3.05) is 19.9 Å². The van der Waals surface area contributed by atoms with E-state index in [2.05, 4.69) is 33.9 Å². The van der Waals surface area contributed by atoms with Crippen LogP contribution in [0.25, 0.3) is 0 Å². The van der Waals surface area contributed by atoms with Gasteiger partial charge in [0.2, 0.25) is 7.37 Å². The van der Waals surface area contributed by atoms with Gasteiger partial charge in [-0.25, -0.2) is 0 Å². The van der Waals surface area contributed by atoms with Gasteiger partial charge in [-0.3, -0.25) is 8.75 Å². The summed E-state index contributed by atoms with van der Waals surface area (Å²) in [5.74, 6) is 0.413. The van der Waals surface area contributed by atoms with E-state index in [-0.39, 0.29) is 16.5 Å². The van der Waals surface area contributed by atoms with E-state index in [1.165, 1.54) is 25.5 Å². The number of hydrogen-bond donors (Lipinski definition) is 1. The first-order valence-corrected chi connectivity index (χ1v) is 17.9. The Kier molecular flexibility index (Phi) is 9.00. The Balaban J connectivity index is 2.24. The highest BCUT2D eigenvalue weighted by atomic mass is 32.2. The molecule has 2 aromatic rings. The summed E-state index contributed by atoms with van der Waals surface area (Å²) in [7, 11) is -8.93. The van der Waals surface area contributed by atoms with Crippen LogP contribution in [0.5, 0.6) is 5.75 Å². The molecule has 0 radical (unpaired) electrons. The van der Waals surface area contributed by atoms with Crippen molar-refractivity contribution in [1.29, 1.82) is 0 Å². The summed E-state index contributed by atoms with van der Waals surface area (Å²) in [5, 5.41) is 10.7. The van der Waals surface area contributed by atoms with Gasteiger partial charge in [-0.05, 0) is 54.9 Å². The standard InChI is InChI=1S/C24H37O7PSSi/c1-18-9-12-21(13-10-18)33(27,28)29-17-22(25)19-11-14-23(31-32(5,6)26)20(15-19)16-30-34(7,8)24(2,3)4/h9-15,22,25H,16-17H2,1-8H3/t22-/m0/s1. The van der Waals surface area contributed by atoms with Gasteiger partial charge in [-0.1, -0.05) is 44.5 Å². The van der Waals surface area contributed by atoms with Gasteiger partial charge in [0.1, 0.15) is 11.9 Å². The van der Waals surface area contributed by atoms with E-state index >= 15 is 0 Å². The number of aliphatic hydroxyl groups is 1. The average Bonchev–Trinajstić information content (AvgIpc) is 2.69. The fourth-order valence-corrected chi connectivity index (χ4v) is 5.26. The molecule has 7 nitrogen and oxygen atoms in total. The highest BCUT2D eigenvalue weighted by Gasteiger charge is 2.37. The predicted octanol–water partition coefficient (Wildman–Crippen LogP) is 5.87. The predicted molar refractivity (Wildman–Crippen MR) is 138 cm³/mol. The SMILES string of the molecule is Cc1ccc(S(=O)(=O)OC[C@H](O)c2ccc(OP(C)(C)=O)c(CO[Si](C)(C)C(C)(C)C)c2)cc1. The zero-order chi connectivity index (χ0) is 25.9. The van der Waals surface area contributed by atoms with E-state index in [0.29, 0.717) is 16.9 Å². The lowest BCUT2D eigenvalue weighted by Gasteiger charge is -2.36. The van der Waals surface area contributed by atoms with Crippen LogP contribution in [0.1, 0.15) is 43.6 Å². The van der Waals surface area contributed by atoms with Gasteiger partial charge in [0, 0.05) is 18.9 Å². The number of aryl methyl sites for hydroxylation is 1. The Morgan fingerprint density at radius 2 is 1.65 bits per heavy atom. The summed E-state index contributed by atoms with van der Waals surface area (Å²) >= 11 is 0. The summed E-state index contributed by atoms with van der Waals surface area (Å²) in [5.41, 5.74) is 2.01. The van der Waals surface area contributed by atoms with Crippen LogP contribution in [0, 0.1) is 6.92 Å². The normalized spacial score (nSPS) is 14.1. The molecule has 0 aliphatic carbocycles. The van der Waals surface area contributed by atoms with E-state index in [4.69, 9.17) is 13.1 Å². The first kappa shape index (κ1) is 28.8. The van der Waals surface area contributed by atoms with Crippen molar-refractivity contribution in [3.63, 3.8) is 0 Å². The number of benzene rings is 2. The molecule has 2 aromatic carbocycles. The molecule has 0 aliphatic rings. The molecule has 0 unspecified atom stereocenters. The Bertz CT molecular complexity index is 1130. The van der Waals surface area contributed by atoms with Crippen LogP contribution >= 0.6 is 7.37 Å². The van der Waals surface area contributed by atoms with Crippen LogP contribution in [0.2, 0.25) is 18.1 Å². The molecule has 0 aliphatic heterocycles. The van der Waals surface area contributed by atoms with E-state index in [1.54, 1.807) is 30.3 Å². The first-order chi connectivity index (χ1) is 15.4. The first-order valence-electron chi connectivity index (χ1n) is 11.1. The van der Waals surface area contributed by atoms with Crippen LogP contribution < -0.4 is 4.52 Å². The van der Waals surface area contributed by atoms with Crippen LogP contribution in [-0.2, 0) is 29.9 Å². The fourth-order valence-electron chi connectivity index (χ4n) is 2.74. The largest absolute Gasteiger partial charge is 0.443 e. The van der Waals surface area contributed by atoms with Gasteiger partial charge in [0.15, 0.2) is 8.32 Å². The second kappa shape index (κ2) is 10.6. The molecule has 0 aromatic heterocycles. The van der Waals surface area contributed by atoms with E-state index in [9.17, 15) is 18.1 Å². The molecule has 0 amide bonds. The van der Waals surface area contributed by atoms with Gasteiger partial charge >= 0.3 is 0 Å². The summed E-state index contributed by atoms with van der Waals surface area (Å²) in [6, 6.07) is 11.2. The summed E-state index contributed by atoms with van der Waals surface area (Å²) < 4.78 is 54.3. The molecule has 1 atom stereocenters. The van der Waals surface area contributed by atoms with Gasteiger partial charge in [0.25, 0.3) is 10.1 Å². The zero-order valence-electron chi connectivity index (χ0n) is 21.3. The van der Waals surface area contributed by atoms with Crippen molar-refractivity contribution < 1.29 is 31.2 Å². The molecule has 2 rings (SSSR count). The van der Waals surface area contributed by atoms with Crippen LogP contribution in [-0.4, -0.2) is 41.8 Å². The molecule has 10 heteroatoms. The summed E-state index contributed by atoms with van der Waals surface area (Å²) in [4.78, 5) is 0.0270. The van der Waals surface area contributed by atoms with Crippen molar-refractivity contribution >= 4 is 25.8 Å². The molecule has 1 N–H and O–H groups in total. The van der Waals surface area contributed by atoms with E-state index in [1.807, 2.05) is 6.92 Å². The maximum absolute atomic E-state index is 12.5. The molecule has 0 bridgehead atoms. The smallest absolute Gasteiger partial charge is 0.297 e.